The molecule has 23 N–H and O–H groups in total. The Kier molecular flexibility index (Phi) is 35.8. The Morgan fingerprint density at radius 1 is 0.471 bits per heavy atom. The molecule has 0 spiro atoms. The summed E-state index contributed by atoms with van der Waals surface area (Å²) in [4.78, 5) is 72.7. The summed E-state index contributed by atoms with van der Waals surface area (Å²) in [5, 5.41) is 256. The third kappa shape index (κ3) is 21.6. The molecular weight excluding hydrogens is 1840 g/mol. The smallest absolute Gasteiger partial charge is 0.335 e. The molecule has 0 aromatic carbocycles. The summed E-state index contributed by atoms with van der Waals surface area (Å²) in [5.41, 5.74) is -5.62. The van der Waals surface area contributed by atoms with Gasteiger partial charge in [-0.15, -0.1) is 0 Å². The molecule has 8 heterocycles. The van der Waals surface area contributed by atoms with Crippen molar-refractivity contribution in [3.05, 3.63) is 11.6 Å². The molecular formula is C92H148O46. The summed E-state index contributed by atoms with van der Waals surface area (Å²) in [5.74, 6) is -7.44. The maximum Gasteiger partial charge on any atom is 0.335 e. The van der Waals surface area contributed by atoms with E-state index in [1.807, 2.05) is 27.7 Å². The number of carboxylic acids is 1. The molecule has 792 valence electrons. The number of hydrogen-bond acceptors (Lipinski definition) is 45. The first-order valence-electron chi connectivity index (χ1n) is 48.4. The van der Waals surface area contributed by atoms with Crippen LogP contribution in [-0.2, 0) is 109 Å². The van der Waals surface area contributed by atoms with Crippen LogP contribution in [0.5, 0.6) is 0 Å². The molecule has 39 unspecified atom stereocenters. The number of allylic oxidation sites excluding steroid dienone is 2. The highest BCUT2D eigenvalue weighted by Gasteiger charge is 2.74. The van der Waals surface area contributed by atoms with Gasteiger partial charge in [0.25, 0.3) is 0 Å². The Morgan fingerprint density at radius 3 is 1.57 bits per heavy atom. The molecule has 4 saturated carbocycles. The SMILES string of the molecule is CC[C@H](C)[C@H](C[C@H](O)CC(=O)OC1C(O)C(C)OC(OC(=O)[C@]23CCC(C)(C)CC2C2=CCC4[C@@]5(C)CC[C@H](OC6OC(C(=O)O)C(O)C(OC7OCC(O)C(O)C7O)C6OC6OC(CO)C(O)C(O)C6O)[C@@](C)(C=O)C5CC[C@@]4(C)[C@]2(C)C[C@H]3O)C1OC1OC(C)C(OC2OCC(O)C(OC3OCC(O)C(O)C3O)C2O)C(O)C1O)OC(=O)C[C@@H](O)C[C@H](OC1OC(CO)C(O)C1O)[C@@H](C)CC. The number of aldehydes is 1. The Bertz CT molecular complexity index is 4080. The van der Waals surface area contributed by atoms with Crippen LogP contribution < -0.4 is 0 Å². The van der Waals surface area contributed by atoms with Crippen LogP contribution in [0.3, 0.4) is 0 Å². The van der Waals surface area contributed by atoms with Crippen LogP contribution >= 0.6 is 0 Å². The van der Waals surface area contributed by atoms with Gasteiger partial charge < -0.3 is 208 Å². The number of hydrogen-bond donors (Lipinski definition) is 23. The monoisotopic (exact) mass is 1990 g/mol. The van der Waals surface area contributed by atoms with Crippen molar-refractivity contribution >= 4 is 30.2 Å². The van der Waals surface area contributed by atoms with Crippen LogP contribution in [0, 0.1) is 62.1 Å². The van der Waals surface area contributed by atoms with Gasteiger partial charge in [-0.2, -0.15) is 0 Å². The number of carbonyl (C=O) groups is 5. The summed E-state index contributed by atoms with van der Waals surface area (Å²) in [6.07, 6.45) is -70.5. The highest BCUT2D eigenvalue weighted by molar-refractivity contribution is 5.80. The molecule has 0 aromatic heterocycles. The van der Waals surface area contributed by atoms with E-state index < -0.39 is 384 Å². The third-order valence-electron chi connectivity index (χ3n) is 33.2. The van der Waals surface area contributed by atoms with Crippen LogP contribution in [0.15, 0.2) is 11.6 Å². The van der Waals surface area contributed by atoms with E-state index in [1.54, 1.807) is 27.7 Å². The van der Waals surface area contributed by atoms with Crippen molar-refractivity contribution in [2.75, 3.05) is 33.0 Å². The molecule has 13 aliphatic rings. The predicted octanol–water partition coefficient (Wildman–Crippen LogP) is -5.69. The van der Waals surface area contributed by atoms with E-state index in [0.717, 1.165) is 11.9 Å². The van der Waals surface area contributed by atoms with Gasteiger partial charge in [0.15, 0.2) is 62.3 Å². The van der Waals surface area contributed by atoms with E-state index >= 15 is 4.79 Å². The Labute approximate surface area is 797 Å². The summed E-state index contributed by atoms with van der Waals surface area (Å²) < 4.78 is 109. The predicted molar refractivity (Wildman–Crippen MR) is 458 cm³/mol. The zero-order valence-electron chi connectivity index (χ0n) is 79.6. The number of aliphatic hydroxyl groups is 22. The largest absolute Gasteiger partial charge is 0.479 e. The molecule has 8 aliphatic heterocycles. The molecule has 5 aliphatic carbocycles. The van der Waals surface area contributed by atoms with Gasteiger partial charge in [-0.25, -0.2) is 4.79 Å². The number of aliphatic hydroxyl groups excluding tert-OH is 22. The fourth-order valence-corrected chi connectivity index (χ4v) is 24.1. The van der Waals surface area contributed by atoms with E-state index in [1.165, 1.54) is 13.8 Å². The van der Waals surface area contributed by atoms with Crippen molar-refractivity contribution in [3.63, 3.8) is 0 Å². The molecule has 0 bridgehead atoms. The number of fused-ring (bicyclic) bond motifs is 7. The first-order chi connectivity index (χ1) is 64.8. The Hall–Kier alpha value is -4.19. The first-order valence-corrected chi connectivity index (χ1v) is 48.4. The van der Waals surface area contributed by atoms with Crippen molar-refractivity contribution < 1.29 is 227 Å². The van der Waals surface area contributed by atoms with E-state index in [0.29, 0.717) is 44.9 Å². The molecule has 52 atom stereocenters. The van der Waals surface area contributed by atoms with Gasteiger partial charge in [-0.05, 0) is 123 Å². The Morgan fingerprint density at radius 2 is 0.978 bits per heavy atom. The molecule has 46 nitrogen and oxygen atoms in total. The second-order valence-electron chi connectivity index (χ2n) is 42.5. The van der Waals surface area contributed by atoms with E-state index in [4.69, 9.17) is 85.3 Å². The third-order valence-corrected chi connectivity index (χ3v) is 33.2. The zero-order chi connectivity index (χ0) is 101. The van der Waals surface area contributed by atoms with Crippen LogP contribution in [0.1, 0.15) is 179 Å². The van der Waals surface area contributed by atoms with Crippen LogP contribution in [0.25, 0.3) is 0 Å². The van der Waals surface area contributed by atoms with Gasteiger partial charge in [0.05, 0.1) is 94.0 Å². The lowest BCUT2D eigenvalue weighted by atomic mass is 9.33. The Balaban J connectivity index is 0.763. The summed E-state index contributed by atoms with van der Waals surface area (Å²) in [7, 11) is 0. The fraction of sp³-hybridized carbons (Fsp3) is 0.924. The molecule has 8 saturated heterocycles. The topological polar surface area (TPSA) is 717 Å². The summed E-state index contributed by atoms with van der Waals surface area (Å²) >= 11 is 0. The van der Waals surface area contributed by atoms with Gasteiger partial charge in [-0.3, -0.25) is 14.4 Å². The maximum atomic E-state index is 16.5. The normalized spacial score (nSPS) is 48.8. The molecule has 0 amide bonds. The number of rotatable bonds is 34. The highest BCUT2D eigenvalue weighted by Crippen LogP contribution is 2.76. The minimum Gasteiger partial charge on any atom is -0.479 e. The zero-order valence-corrected chi connectivity index (χ0v) is 79.6. The lowest BCUT2D eigenvalue weighted by Gasteiger charge is -2.71. The summed E-state index contributed by atoms with van der Waals surface area (Å²) in [6, 6.07) is 0. The van der Waals surface area contributed by atoms with E-state index in [2.05, 4.69) is 19.9 Å². The number of carboxylic acid groups (broad SMARTS) is 1. The quantitative estimate of drug-likeness (QED) is 0.00939. The molecule has 138 heavy (non-hydrogen) atoms. The molecule has 0 aromatic rings. The number of aliphatic carboxylic acids is 1. The fourth-order valence-electron chi connectivity index (χ4n) is 24.1. The van der Waals surface area contributed by atoms with Crippen molar-refractivity contribution in [2.24, 2.45) is 62.1 Å². The van der Waals surface area contributed by atoms with Crippen molar-refractivity contribution in [3.8, 4) is 0 Å². The lowest BCUT2D eigenvalue weighted by Crippen LogP contribution is -2.69. The number of carbonyl (C=O) groups excluding carboxylic acids is 4. The minimum atomic E-state index is -2.27. The molecule has 46 heteroatoms. The average Bonchev–Trinajstić information content (AvgIpc) is 1.09. The summed E-state index contributed by atoms with van der Waals surface area (Å²) in [6.45, 7) is 18.5. The van der Waals surface area contributed by atoms with Gasteiger partial charge >= 0.3 is 23.9 Å². The van der Waals surface area contributed by atoms with Gasteiger partial charge in [-0.1, -0.05) is 93.7 Å². The molecule has 0 radical (unpaired) electrons. The number of ether oxygens (including phenoxy) is 18. The van der Waals surface area contributed by atoms with E-state index in [-0.39, 0.29) is 43.9 Å². The van der Waals surface area contributed by atoms with Crippen molar-refractivity contribution in [1.29, 1.82) is 0 Å². The first kappa shape index (κ1) is 111. The highest BCUT2D eigenvalue weighted by atomic mass is 16.8. The second-order valence-corrected chi connectivity index (χ2v) is 42.5. The van der Waals surface area contributed by atoms with Gasteiger partial charge in [0.2, 0.25) is 6.29 Å². The van der Waals surface area contributed by atoms with Crippen LogP contribution in [0.4, 0.5) is 0 Å². The average molecular weight is 1990 g/mol. The van der Waals surface area contributed by atoms with Crippen LogP contribution in [-0.4, -0.2) is 439 Å². The van der Waals surface area contributed by atoms with Crippen LogP contribution in [0.2, 0.25) is 0 Å². The maximum absolute atomic E-state index is 16.5. The standard InChI is InChI=1S/C92H148O46/c1-13-35(3)46(126-54(102)25-40(97)24-47(36(4)14-2)127-82-65(113)60(108)49(30-94)128-82)23-39(96)26-55(103)131-72-56(104)37(5)124-84(75(72)136-81-67(115)62(110)70(38(6)125-81)132-80-69(117)71(45(100)33-123-80)133-78-63(111)57(105)43(98)31-121-78)138-86(120)92-22-21-87(7,8)27-42(92)41-15-16-51-88(9)19-18-53(89(10,34-95)50(88)17-20-90(51,11)91(41,12)28-52(92)101)130-85-76(137-83-66(114)61(109)59(107)48(29-93)129-83)73(68(116)74(135-85)77(118)119)134-79-64(112)58(106)44(99)32-122-79/h15,34-40,42-53,56-76,78-85,93-94,96-101,104-117H,13-14,16-33H2,1-12H3,(H,118,119)/t35-,36-,37?,38?,39-,40-,42?,43?,44?,45?,46-,47-,48?,49?,50?,51?,52+,53-,56?,57?,58?,59?,60?,61?,62?,63?,64?,65?,66?,67?,68?,69?,70?,71?,72?,73?,74?,75?,76?,78?,79?,80?,81?,82?,83?,84?,85?,88-,89-,90+,91+,92+/m0/s1. The van der Waals surface area contributed by atoms with Gasteiger partial charge in [0, 0.05) is 12.8 Å². The molecule has 13 rings (SSSR count). The van der Waals surface area contributed by atoms with Crippen molar-refractivity contribution in [2.45, 2.75) is 437 Å². The van der Waals surface area contributed by atoms with Gasteiger partial charge in [0.1, 0.15) is 158 Å². The van der Waals surface area contributed by atoms with Crippen molar-refractivity contribution in [1.82, 2.24) is 0 Å². The second kappa shape index (κ2) is 44.5. The molecule has 12 fully saturated rings. The lowest BCUT2D eigenvalue weighted by molar-refractivity contribution is -0.391. The number of esters is 3. The van der Waals surface area contributed by atoms with E-state index in [9.17, 15) is 137 Å². The minimum absolute atomic E-state index is 0.00138.